The summed E-state index contributed by atoms with van der Waals surface area (Å²) in [7, 11) is 0. The first-order chi connectivity index (χ1) is 22.4. The minimum atomic E-state index is -0.0371. The Morgan fingerprint density at radius 1 is 0.717 bits per heavy atom. The number of hydrogen-bond donors (Lipinski definition) is 4. The van der Waals surface area contributed by atoms with Gasteiger partial charge in [-0.15, -0.1) is 10.2 Å². The quantitative estimate of drug-likeness (QED) is 0.0905. The summed E-state index contributed by atoms with van der Waals surface area (Å²) in [6.45, 7) is 2.83. The fraction of sp³-hybridized carbons (Fsp3) is 0.0571. The summed E-state index contributed by atoms with van der Waals surface area (Å²) in [6.07, 6.45) is 0. The van der Waals surface area contributed by atoms with E-state index in [0.717, 1.165) is 38.4 Å². The molecule has 0 unspecified atom stereocenters. The van der Waals surface area contributed by atoms with Crippen LogP contribution in [0.4, 0.5) is 0 Å². The molecule has 222 valence electrons. The average Bonchev–Trinajstić information content (AvgIpc) is 3.51. The number of benzene rings is 5. The van der Waals surface area contributed by atoms with Crippen molar-refractivity contribution in [3.8, 4) is 22.6 Å². The van der Waals surface area contributed by atoms with Gasteiger partial charge in [-0.25, -0.2) is 9.36 Å². The van der Waals surface area contributed by atoms with Crippen LogP contribution < -0.4 is 16.0 Å². The van der Waals surface area contributed by atoms with E-state index in [1.807, 2.05) is 66.7 Å². The number of aromatic nitrogens is 7. The van der Waals surface area contributed by atoms with E-state index in [1.165, 1.54) is 0 Å². The molecule has 6 aromatic heterocycles. The van der Waals surface area contributed by atoms with Crippen molar-refractivity contribution in [3.63, 3.8) is 0 Å². The molecule has 0 fully saturated rings. The number of aryl methyl sites for hydroxylation is 1. The molecule has 6 heterocycles. The van der Waals surface area contributed by atoms with E-state index in [0.29, 0.717) is 45.6 Å². The maximum absolute atomic E-state index is 8.04. The number of rotatable bonds is 6. The Morgan fingerprint density at radius 3 is 2.07 bits per heavy atom. The van der Waals surface area contributed by atoms with Gasteiger partial charge < -0.3 is 11.5 Å². The first kappa shape index (κ1) is 27.1. The lowest BCUT2D eigenvalue weighted by atomic mass is 9.97. The van der Waals surface area contributed by atoms with Crippen molar-refractivity contribution < 1.29 is 4.57 Å². The maximum Gasteiger partial charge on any atom is 0.220 e. The van der Waals surface area contributed by atoms with Gasteiger partial charge in [-0.1, -0.05) is 59.0 Å². The zero-order valence-corrected chi connectivity index (χ0v) is 24.8. The fourth-order valence-corrected chi connectivity index (χ4v) is 6.34. The van der Waals surface area contributed by atoms with E-state index >= 15 is 0 Å². The molecular formula is C35H28N11+. The van der Waals surface area contributed by atoms with Crippen LogP contribution in [0, 0.1) is 10.8 Å². The number of nitrogen functional groups attached to an aromatic ring is 2. The molecule has 0 amide bonds. The summed E-state index contributed by atoms with van der Waals surface area (Å²) in [5, 5.41) is 38.1. The topological polar surface area (TPSA) is 165 Å². The number of nitrogens with zero attached hydrogens (tertiary/aromatic N) is 7. The summed E-state index contributed by atoms with van der Waals surface area (Å²) >= 11 is 0. The van der Waals surface area contributed by atoms with Gasteiger partial charge in [0.05, 0.1) is 27.7 Å². The van der Waals surface area contributed by atoms with Crippen molar-refractivity contribution in [1.82, 2.24) is 30.0 Å². The Hall–Kier alpha value is -6.49. The van der Waals surface area contributed by atoms with Gasteiger partial charge >= 0.3 is 0 Å². The summed E-state index contributed by atoms with van der Waals surface area (Å²) in [5.74, 6) is -0.0711. The second-order valence-corrected chi connectivity index (χ2v) is 11.1. The van der Waals surface area contributed by atoms with Crippen molar-refractivity contribution in [1.29, 1.82) is 10.8 Å². The van der Waals surface area contributed by atoms with Crippen molar-refractivity contribution in [2.24, 2.45) is 11.5 Å². The Morgan fingerprint density at radius 2 is 1.39 bits per heavy atom. The zero-order chi connectivity index (χ0) is 31.5. The van der Waals surface area contributed by atoms with Crippen LogP contribution >= 0.6 is 0 Å². The number of hydrogen-bond acceptors (Lipinski definition) is 6. The van der Waals surface area contributed by atoms with Crippen LogP contribution in [-0.4, -0.2) is 41.7 Å². The highest BCUT2D eigenvalue weighted by Crippen LogP contribution is 2.37. The van der Waals surface area contributed by atoms with Crippen molar-refractivity contribution in [2.75, 3.05) is 0 Å². The number of amidine groups is 2. The molecule has 0 saturated heterocycles. The van der Waals surface area contributed by atoms with Gasteiger partial charge in [0, 0.05) is 28.1 Å². The minimum absolute atomic E-state index is 0.0340. The van der Waals surface area contributed by atoms with Gasteiger partial charge in [0.15, 0.2) is 0 Å². The van der Waals surface area contributed by atoms with E-state index in [4.69, 9.17) is 37.7 Å². The maximum atomic E-state index is 8.04. The lowest BCUT2D eigenvalue weighted by Gasteiger charge is -2.13. The third-order valence-corrected chi connectivity index (χ3v) is 8.42. The molecule has 5 aromatic carbocycles. The van der Waals surface area contributed by atoms with Gasteiger partial charge in [0.1, 0.15) is 34.8 Å². The summed E-state index contributed by atoms with van der Waals surface area (Å²) in [6, 6.07) is 33.4. The average molecular weight is 603 g/mol. The van der Waals surface area contributed by atoms with Crippen LogP contribution in [0.5, 0.6) is 0 Å². The molecule has 6 N–H and O–H groups in total. The molecule has 11 rings (SSSR count). The Kier molecular flexibility index (Phi) is 6.07. The normalized spacial score (nSPS) is 11.6. The molecule has 0 spiro atoms. The van der Waals surface area contributed by atoms with E-state index in [2.05, 4.69) is 41.0 Å². The molecular weight excluding hydrogens is 574 g/mol. The van der Waals surface area contributed by atoms with Crippen LogP contribution in [-0.2, 0) is 6.54 Å². The van der Waals surface area contributed by atoms with Crippen LogP contribution in [0.15, 0.2) is 103 Å². The first-order valence-electron chi connectivity index (χ1n) is 14.8. The summed E-state index contributed by atoms with van der Waals surface area (Å²) < 4.78 is 5.80. The Labute approximate surface area is 262 Å². The van der Waals surface area contributed by atoms with Gasteiger partial charge in [0.2, 0.25) is 11.2 Å². The van der Waals surface area contributed by atoms with E-state index in [9.17, 15) is 0 Å². The number of nitrogens with two attached hydrogens (primary N) is 2. The molecule has 46 heavy (non-hydrogen) atoms. The van der Waals surface area contributed by atoms with E-state index in [1.54, 1.807) is 21.5 Å². The second kappa shape index (κ2) is 10.3. The minimum Gasteiger partial charge on any atom is -0.384 e. The fourth-order valence-electron chi connectivity index (χ4n) is 6.34. The van der Waals surface area contributed by atoms with Crippen LogP contribution in [0.1, 0.15) is 18.1 Å². The molecule has 0 aliphatic heterocycles. The third kappa shape index (κ3) is 4.09. The highest BCUT2D eigenvalue weighted by molar-refractivity contribution is 6.21. The molecule has 11 heteroatoms. The molecule has 0 radical (unpaired) electrons. The lowest BCUT2D eigenvalue weighted by molar-refractivity contribution is -0.655. The van der Waals surface area contributed by atoms with Gasteiger partial charge in [-0.2, -0.15) is 4.57 Å². The van der Waals surface area contributed by atoms with Crippen molar-refractivity contribution >= 4 is 55.4 Å². The lowest BCUT2D eigenvalue weighted by Crippen LogP contribution is -2.36. The number of nitrogens with one attached hydrogen (secondary N) is 2. The highest BCUT2D eigenvalue weighted by Gasteiger charge is 2.27. The third-order valence-electron chi connectivity index (χ3n) is 8.42. The smallest absolute Gasteiger partial charge is 0.220 e. The Balaban J connectivity index is 1.60. The van der Waals surface area contributed by atoms with Crippen molar-refractivity contribution in [3.05, 3.63) is 114 Å². The van der Waals surface area contributed by atoms with E-state index in [-0.39, 0.29) is 11.7 Å². The van der Waals surface area contributed by atoms with Crippen molar-refractivity contribution in [2.45, 2.75) is 13.5 Å². The van der Waals surface area contributed by atoms with Crippen LogP contribution in [0.25, 0.3) is 66.4 Å². The predicted molar refractivity (Wildman–Crippen MR) is 180 cm³/mol. The zero-order valence-electron chi connectivity index (χ0n) is 24.8. The Bertz CT molecular complexity index is 2530. The van der Waals surface area contributed by atoms with Gasteiger partial charge in [-0.05, 0) is 55.5 Å². The molecule has 11 nitrogen and oxygen atoms in total. The number of fused-ring (bicyclic) bond motifs is 1. The SMILES string of the molecule is CC[n+]1c(-c2ccccc2)c2cc3ccc2c2c4nnn(-c5cccc(C(=N)N)c5)c4c(cc21)N=NN3c1cccc(C(=N)N)c1. The number of pyridine rings is 1. The van der Waals surface area contributed by atoms with Crippen LogP contribution in [0.2, 0.25) is 0 Å². The van der Waals surface area contributed by atoms with E-state index < -0.39 is 0 Å². The van der Waals surface area contributed by atoms with Gasteiger partial charge in [-0.3, -0.25) is 10.8 Å². The molecule has 11 aromatic rings. The van der Waals surface area contributed by atoms with Gasteiger partial charge in [0.25, 0.3) is 0 Å². The molecule has 0 aliphatic carbocycles. The van der Waals surface area contributed by atoms with Crippen LogP contribution in [0.3, 0.4) is 0 Å². The molecule has 0 saturated carbocycles. The standard InChI is InChI=1S/C35H28N11/c1-2-44-29-19-28-33-31(41-43-46(33)24-13-7-11-22(17-24)35(38)39)30(29)26-15-14-25(18-27(26)32(44)20-8-4-3-5-9-20)45(42-40-28)23-12-6-10-21(16-23)34(36)37/h3-19H,2H2,1H3,(H3,36,37)(H3,38,39)/q+1. The molecule has 0 aliphatic rings. The highest BCUT2D eigenvalue weighted by atomic mass is 15.4. The largest absolute Gasteiger partial charge is 0.384 e. The molecule has 0 atom stereocenters. The predicted octanol–water partition coefficient (Wildman–Crippen LogP) is 5.00. The first-order valence-corrected chi connectivity index (χ1v) is 14.8. The second-order valence-electron chi connectivity index (χ2n) is 11.1. The summed E-state index contributed by atoms with van der Waals surface area (Å²) in [5.41, 5.74) is 20.1. The summed E-state index contributed by atoms with van der Waals surface area (Å²) in [4.78, 5) is 0. The monoisotopic (exact) mass is 602 g/mol. The molecule has 6 bridgehead atoms.